The first kappa shape index (κ1) is 18.6. The van der Waals surface area contributed by atoms with Crippen LogP contribution in [0.4, 0.5) is 0 Å². The number of rotatable bonds is 7. The van der Waals surface area contributed by atoms with E-state index in [-0.39, 0.29) is 0 Å². The summed E-state index contributed by atoms with van der Waals surface area (Å²) in [4.78, 5) is 12.2. The maximum absolute atomic E-state index is 12.2. The normalized spacial score (nSPS) is 40.8. The van der Waals surface area contributed by atoms with Gasteiger partial charge in [0.15, 0.2) is 5.78 Å². The van der Waals surface area contributed by atoms with Crippen molar-refractivity contribution in [2.24, 2.45) is 0 Å². The Bertz CT molecular complexity index is 435. The molecule has 0 aromatic carbocycles. The molecular weight excluding hydrogens is 320 g/mol. The minimum atomic E-state index is -3.07. The molecule has 0 spiro atoms. The molecule has 9 atom stereocenters. The molecule has 0 bridgehead atoms. The van der Waals surface area contributed by atoms with Crippen LogP contribution in [0.25, 0.3) is 0 Å². The molecule has 136 valence electrons. The van der Waals surface area contributed by atoms with Crippen LogP contribution in [-0.4, -0.2) is 120 Å². The van der Waals surface area contributed by atoms with Crippen LogP contribution in [0.2, 0.25) is 0 Å². The summed E-state index contributed by atoms with van der Waals surface area (Å²) >= 11 is 0. The highest BCUT2D eigenvalue weighted by Gasteiger charge is 2.49. The third-order valence-electron chi connectivity index (χ3n) is 3.55. The Hall–Kier alpha value is -0.730. The van der Waals surface area contributed by atoms with Gasteiger partial charge in [-0.3, -0.25) is 4.79 Å². The second kappa shape index (κ2) is 8.39. The summed E-state index contributed by atoms with van der Waals surface area (Å²) in [6, 6.07) is 0. The molecule has 0 radical (unpaired) electrons. The molecule has 1 saturated heterocycles. The Morgan fingerprint density at radius 3 is 2.04 bits per heavy atom. The number of ketones is 1. The molecule has 0 aliphatic carbocycles. The van der Waals surface area contributed by atoms with E-state index in [9.17, 15) is 40.5 Å². The molecule has 1 unspecified atom stereocenters. The van der Waals surface area contributed by atoms with Crippen molar-refractivity contribution in [3.63, 3.8) is 0 Å². The molecule has 1 aliphatic rings. The average Bonchev–Trinajstić information content (AvgIpc) is 2.59. The Labute approximate surface area is 132 Å². The number of aliphatic hydroxyl groups excluding tert-OH is 9. The first-order chi connectivity index (χ1) is 11.0. The average molecular weight is 343 g/mol. The van der Waals surface area contributed by atoms with E-state index in [0.29, 0.717) is 0 Å². The molecule has 9 N–H and O–H groups in total. The van der Waals surface area contributed by atoms with E-state index in [1.54, 1.807) is 0 Å². The standard InChI is InChI=1S/C12H22O11/c13-1-3(15)5(16)7(18)9(20)11(22)12-10(21)8(19)6(17)4(2-14)23-12/h3-10,12-21H,1-2H2/t3-,4-,5-,6-,7+,8+,9+,10+,12?/m1/s1/i12D. The molecule has 1 aliphatic heterocycles. The highest BCUT2D eigenvalue weighted by Crippen LogP contribution is 2.23. The molecule has 0 aromatic heterocycles. The number of aliphatic hydroxyl groups is 9. The zero-order chi connectivity index (χ0) is 18.8. The second-order valence-corrected chi connectivity index (χ2v) is 5.17. The molecule has 0 saturated carbocycles. The maximum atomic E-state index is 12.2. The van der Waals surface area contributed by atoms with E-state index < -0.39 is 73.9 Å². The first-order valence-corrected chi connectivity index (χ1v) is 6.73. The number of Topliss-reactive ketones (excluding diaryl/α,β-unsaturated/α-hetero) is 1. The van der Waals surface area contributed by atoms with Crippen molar-refractivity contribution < 1.29 is 56.9 Å². The van der Waals surface area contributed by atoms with Gasteiger partial charge in [-0.15, -0.1) is 0 Å². The van der Waals surface area contributed by atoms with Crippen molar-refractivity contribution >= 4 is 5.78 Å². The van der Waals surface area contributed by atoms with Crippen LogP contribution >= 0.6 is 0 Å². The Morgan fingerprint density at radius 1 is 1.00 bits per heavy atom. The topological polar surface area (TPSA) is 208 Å². The van der Waals surface area contributed by atoms with E-state index in [2.05, 4.69) is 0 Å². The van der Waals surface area contributed by atoms with Crippen LogP contribution < -0.4 is 0 Å². The molecule has 0 amide bonds. The molecule has 11 heteroatoms. The van der Waals surface area contributed by atoms with Crippen molar-refractivity contribution in [2.75, 3.05) is 13.2 Å². The van der Waals surface area contributed by atoms with Crippen molar-refractivity contribution in [2.45, 2.75) is 54.9 Å². The smallest absolute Gasteiger partial charge is 0.195 e. The van der Waals surface area contributed by atoms with Crippen LogP contribution in [0.3, 0.4) is 0 Å². The number of hydrogen-bond acceptors (Lipinski definition) is 11. The maximum Gasteiger partial charge on any atom is 0.195 e. The van der Waals surface area contributed by atoms with Crippen LogP contribution in [0, 0.1) is 0 Å². The second-order valence-electron chi connectivity index (χ2n) is 5.17. The molecular formula is C12H22O11. The van der Waals surface area contributed by atoms with Crippen LogP contribution in [-0.2, 0) is 9.53 Å². The van der Waals surface area contributed by atoms with Gasteiger partial charge in [-0.25, -0.2) is 0 Å². The van der Waals surface area contributed by atoms with Crippen molar-refractivity contribution in [1.29, 1.82) is 0 Å². The summed E-state index contributed by atoms with van der Waals surface area (Å²) < 4.78 is 12.6. The van der Waals surface area contributed by atoms with Gasteiger partial charge in [0.25, 0.3) is 0 Å². The summed E-state index contributed by atoms with van der Waals surface area (Å²) in [6.07, 6.45) is -19.9. The minimum Gasteiger partial charge on any atom is -0.394 e. The fourth-order valence-electron chi connectivity index (χ4n) is 2.04. The fraction of sp³-hybridized carbons (Fsp3) is 0.917. The molecule has 1 heterocycles. The van der Waals surface area contributed by atoms with Gasteiger partial charge in [0.05, 0.1) is 14.6 Å². The van der Waals surface area contributed by atoms with E-state index >= 15 is 0 Å². The van der Waals surface area contributed by atoms with Crippen LogP contribution in [0.5, 0.6) is 0 Å². The highest BCUT2D eigenvalue weighted by atomic mass is 16.5. The zero-order valence-electron chi connectivity index (χ0n) is 12.9. The monoisotopic (exact) mass is 343 g/mol. The summed E-state index contributed by atoms with van der Waals surface area (Å²) in [6.45, 7) is -1.93. The molecule has 1 rings (SSSR count). The summed E-state index contributed by atoms with van der Waals surface area (Å²) in [5.74, 6) is -1.70. The van der Waals surface area contributed by atoms with Crippen molar-refractivity contribution in [3.8, 4) is 0 Å². The van der Waals surface area contributed by atoms with E-state index in [0.717, 1.165) is 0 Å². The van der Waals surface area contributed by atoms with Gasteiger partial charge in [-0.1, -0.05) is 0 Å². The van der Waals surface area contributed by atoms with Gasteiger partial charge in [0.2, 0.25) is 0 Å². The third-order valence-corrected chi connectivity index (χ3v) is 3.55. The predicted molar refractivity (Wildman–Crippen MR) is 69.9 cm³/mol. The molecule has 23 heavy (non-hydrogen) atoms. The Kier molecular flexibility index (Phi) is 6.79. The summed E-state index contributed by atoms with van der Waals surface area (Å²) in [5, 5.41) is 84.8. The lowest BCUT2D eigenvalue weighted by molar-refractivity contribution is -0.231. The van der Waals surface area contributed by atoms with Crippen molar-refractivity contribution in [3.05, 3.63) is 0 Å². The Morgan fingerprint density at radius 2 is 1.57 bits per heavy atom. The first-order valence-electron chi connectivity index (χ1n) is 7.23. The fourth-order valence-corrected chi connectivity index (χ4v) is 2.04. The van der Waals surface area contributed by atoms with Gasteiger partial charge in [-0.2, -0.15) is 0 Å². The SMILES string of the molecule is [2H]C1(C(=O)[C@@H](O)[C@@H](O)[C@H](O)[C@H](O)CO)O[C@H](CO)[C@@H](O)[C@H](O)[C@@H]1O. The largest absolute Gasteiger partial charge is 0.394 e. The highest BCUT2D eigenvalue weighted by molar-refractivity contribution is 5.88. The Balaban J connectivity index is 3.02. The van der Waals surface area contributed by atoms with Gasteiger partial charge >= 0.3 is 0 Å². The van der Waals surface area contributed by atoms with E-state index in [1.165, 1.54) is 0 Å². The van der Waals surface area contributed by atoms with Crippen LogP contribution in [0.15, 0.2) is 0 Å². The predicted octanol–water partition coefficient (Wildman–Crippen LogP) is -6.17. The van der Waals surface area contributed by atoms with Gasteiger partial charge in [-0.05, 0) is 0 Å². The molecule has 1 fully saturated rings. The summed E-state index contributed by atoms with van der Waals surface area (Å²) in [7, 11) is 0. The van der Waals surface area contributed by atoms with Gasteiger partial charge in [0, 0.05) is 0 Å². The van der Waals surface area contributed by atoms with Crippen LogP contribution in [0.1, 0.15) is 1.37 Å². The van der Waals surface area contributed by atoms with Crippen molar-refractivity contribution in [1.82, 2.24) is 0 Å². The minimum absolute atomic E-state index is 0.927. The zero-order valence-corrected chi connectivity index (χ0v) is 11.9. The number of ether oxygens (including phenoxy) is 1. The molecule has 0 aromatic rings. The van der Waals surface area contributed by atoms with E-state index in [1.807, 2.05) is 0 Å². The lowest BCUT2D eigenvalue weighted by Crippen LogP contribution is -2.63. The third kappa shape index (κ3) is 4.22. The van der Waals surface area contributed by atoms with Gasteiger partial charge in [0.1, 0.15) is 54.9 Å². The quantitative estimate of drug-likeness (QED) is 0.212. The molecule has 11 nitrogen and oxygen atoms in total. The van der Waals surface area contributed by atoms with Gasteiger partial charge < -0.3 is 50.7 Å². The number of carbonyl (C=O) groups is 1. The number of hydrogen-bond donors (Lipinski definition) is 9. The summed E-state index contributed by atoms with van der Waals surface area (Å²) in [5.41, 5.74) is 0. The lowest BCUT2D eigenvalue weighted by atomic mass is 9.89. The van der Waals surface area contributed by atoms with E-state index in [4.69, 9.17) is 16.3 Å². The number of carbonyl (C=O) groups excluding carboxylic acids is 1. The lowest BCUT2D eigenvalue weighted by Gasteiger charge is -2.40.